The average molecular weight is 609 g/mol. The van der Waals surface area contributed by atoms with Crippen LogP contribution in [0.3, 0.4) is 0 Å². The molecule has 8 rings (SSSR count). The number of carbonyl (C=O) groups is 2. The molecule has 9 atom stereocenters. The van der Waals surface area contributed by atoms with Crippen molar-refractivity contribution in [3.63, 3.8) is 0 Å². The van der Waals surface area contributed by atoms with Crippen molar-refractivity contribution < 1.29 is 29.3 Å². The van der Waals surface area contributed by atoms with Crippen LogP contribution in [-0.2, 0) is 25.5 Å². The number of carbonyl (C=O) groups excluding carboxylic acids is 2. The first-order valence-corrected chi connectivity index (χ1v) is 16.1. The van der Waals surface area contributed by atoms with Gasteiger partial charge in [-0.2, -0.15) is 0 Å². The van der Waals surface area contributed by atoms with Gasteiger partial charge in [0.15, 0.2) is 23.5 Å². The number of hydrogen-bond acceptors (Lipinski definition) is 7. The van der Waals surface area contributed by atoms with Gasteiger partial charge in [0.05, 0.1) is 17.9 Å². The molecule has 0 spiro atoms. The Hall–Kier alpha value is -3.56. The van der Waals surface area contributed by atoms with Crippen molar-refractivity contribution in [2.75, 3.05) is 12.3 Å². The fourth-order valence-corrected chi connectivity index (χ4v) is 10.2. The summed E-state index contributed by atoms with van der Waals surface area (Å²) in [6.45, 7) is 3.54. The molecule has 3 aromatic rings. The highest BCUT2D eigenvalue weighted by atomic mass is 16.7. The number of nitrogens with two attached hydrogens (primary N) is 1. The van der Waals surface area contributed by atoms with Crippen LogP contribution in [0.2, 0.25) is 0 Å². The quantitative estimate of drug-likeness (QED) is 0.322. The molecule has 8 heteroatoms. The number of nitrogen functional groups attached to an aromatic ring is 1. The second kappa shape index (κ2) is 9.97. The summed E-state index contributed by atoms with van der Waals surface area (Å²) in [6, 6.07) is 14.3. The molecular weight excluding hydrogens is 568 g/mol. The molecule has 0 unspecified atom stereocenters. The molecule has 3 saturated carbocycles. The number of allylic oxidation sites excluding steroid dienone is 4. The Morgan fingerprint density at radius 1 is 1.13 bits per heavy atom. The molecule has 1 saturated heterocycles. The van der Waals surface area contributed by atoms with Gasteiger partial charge in [0.2, 0.25) is 0 Å². The van der Waals surface area contributed by atoms with E-state index < -0.39 is 41.5 Å². The Balaban J connectivity index is 1.06. The smallest absolute Gasteiger partial charge is 0.193 e. The van der Waals surface area contributed by atoms with Gasteiger partial charge in [-0.3, -0.25) is 9.59 Å². The van der Waals surface area contributed by atoms with Crippen molar-refractivity contribution in [1.82, 2.24) is 4.98 Å². The Morgan fingerprint density at radius 2 is 1.91 bits per heavy atom. The number of ether oxygens (including phenoxy) is 2. The van der Waals surface area contributed by atoms with Gasteiger partial charge in [-0.1, -0.05) is 61.9 Å². The number of benzene rings is 2. The van der Waals surface area contributed by atoms with Crippen molar-refractivity contribution >= 4 is 28.2 Å². The SMILES string of the molecule is C[C@]12C=CC(=O)C=C1CC[C@@H]1[C@@H]2[C@@H](O)C[C@@]2(C)[C@H]1C[C@H]1O[C@@H](c3ccc(Cc4ccc5c(N)c[nH]c5c4)cc3)O[C@]12C(=O)CO. The molecule has 1 aromatic heterocycles. The van der Waals surface area contributed by atoms with Gasteiger partial charge in [0, 0.05) is 39.4 Å². The second-order valence-electron chi connectivity index (χ2n) is 14.4. The predicted molar refractivity (Wildman–Crippen MR) is 169 cm³/mol. The van der Waals surface area contributed by atoms with E-state index >= 15 is 0 Å². The summed E-state index contributed by atoms with van der Waals surface area (Å²) < 4.78 is 13.3. The van der Waals surface area contributed by atoms with E-state index in [0.717, 1.165) is 58.1 Å². The number of aliphatic hydroxyl groups excluding tert-OH is 2. The fourth-order valence-electron chi connectivity index (χ4n) is 10.2. The minimum absolute atomic E-state index is 0.00326. The number of fused-ring (bicyclic) bond motifs is 8. The molecule has 8 nitrogen and oxygen atoms in total. The zero-order valence-electron chi connectivity index (χ0n) is 25.7. The van der Waals surface area contributed by atoms with Crippen molar-refractivity contribution in [3.05, 3.63) is 89.2 Å². The van der Waals surface area contributed by atoms with E-state index in [2.05, 4.69) is 43.1 Å². The number of nitrogens with one attached hydrogen (secondary N) is 1. The largest absolute Gasteiger partial charge is 0.397 e. The van der Waals surface area contributed by atoms with Gasteiger partial charge in [0.25, 0.3) is 0 Å². The van der Waals surface area contributed by atoms with Crippen molar-refractivity contribution in [2.24, 2.45) is 28.6 Å². The number of rotatable bonds is 5. The highest BCUT2D eigenvalue weighted by Crippen LogP contribution is 2.70. The van der Waals surface area contributed by atoms with Gasteiger partial charge >= 0.3 is 0 Å². The van der Waals surface area contributed by atoms with E-state index in [1.165, 1.54) is 0 Å². The highest BCUT2D eigenvalue weighted by Gasteiger charge is 2.75. The van der Waals surface area contributed by atoms with E-state index in [0.29, 0.717) is 12.8 Å². The number of Topliss-reactive ketones (excluding diaryl/α,β-unsaturated/α-hetero) is 1. The number of H-pyrrole nitrogens is 1. The average Bonchev–Trinajstić information content (AvgIpc) is 3.67. The summed E-state index contributed by atoms with van der Waals surface area (Å²) in [7, 11) is 0. The lowest BCUT2D eigenvalue weighted by Crippen LogP contribution is -2.63. The van der Waals surface area contributed by atoms with Crippen molar-refractivity contribution in [1.29, 1.82) is 0 Å². The van der Waals surface area contributed by atoms with E-state index in [1.807, 2.05) is 30.5 Å². The Kier molecular flexibility index (Phi) is 6.40. The Bertz CT molecular complexity index is 1770. The lowest BCUT2D eigenvalue weighted by molar-refractivity contribution is -0.201. The van der Waals surface area contributed by atoms with Gasteiger partial charge in [0.1, 0.15) is 6.61 Å². The number of aliphatic hydroxyl groups is 2. The maximum atomic E-state index is 13.8. The first-order valence-electron chi connectivity index (χ1n) is 16.1. The zero-order chi connectivity index (χ0) is 31.3. The Labute approximate surface area is 262 Å². The van der Waals surface area contributed by atoms with Gasteiger partial charge < -0.3 is 30.4 Å². The number of hydrogen-bond donors (Lipinski definition) is 4. The lowest BCUT2D eigenvalue weighted by atomic mass is 9.46. The number of anilines is 1. The van der Waals surface area contributed by atoms with Crippen LogP contribution in [0.25, 0.3) is 10.9 Å². The van der Waals surface area contributed by atoms with E-state index in [9.17, 15) is 19.8 Å². The number of aromatic amines is 1. The topological polar surface area (TPSA) is 135 Å². The summed E-state index contributed by atoms with van der Waals surface area (Å²) in [5.74, 6) is -0.263. The van der Waals surface area contributed by atoms with Crippen LogP contribution in [0, 0.1) is 28.6 Å². The zero-order valence-corrected chi connectivity index (χ0v) is 25.7. The summed E-state index contributed by atoms with van der Waals surface area (Å²) >= 11 is 0. The fraction of sp³-hybridized carbons (Fsp3) is 0.459. The molecule has 0 radical (unpaired) electrons. The maximum Gasteiger partial charge on any atom is 0.193 e. The van der Waals surface area contributed by atoms with Gasteiger partial charge in [-0.05, 0) is 73.3 Å². The number of ketones is 2. The van der Waals surface area contributed by atoms with Gasteiger partial charge in [-0.25, -0.2) is 0 Å². The van der Waals surface area contributed by atoms with Crippen LogP contribution in [0.15, 0.2) is 72.5 Å². The molecule has 5 N–H and O–H groups in total. The first kappa shape index (κ1) is 28.9. The molecule has 4 fully saturated rings. The molecular formula is C37H40N2O6. The summed E-state index contributed by atoms with van der Waals surface area (Å²) in [6.07, 6.45) is 8.52. The van der Waals surface area contributed by atoms with Crippen LogP contribution in [-0.4, -0.2) is 51.2 Å². The van der Waals surface area contributed by atoms with E-state index in [1.54, 1.807) is 12.2 Å². The molecule has 2 aromatic carbocycles. The maximum absolute atomic E-state index is 13.8. The minimum atomic E-state index is -1.36. The third-order valence-corrected chi connectivity index (χ3v) is 12.2. The molecule has 5 aliphatic rings. The molecule has 0 amide bonds. The van der Waals surface area contributed by atoms with Crippen LogP contribution in [0.1, 0.15) is 62.5 Å². The third kappa shape index (κ3) is 3.99. The van der Waals surface area contributed by atoms with Gasteiger partial charge in [-0.15, -0.1) is 0 Å². The highest BCUT2D eigenvalue weighted by molar-refractivity contribution is 6.01. The molecule has 2 heterocycles. The number of aromatic nitrogens is 1. The van der Waals surface area contributed by atoms with Crippen LogP contribution < -0.4 is 5.73 Å². The predicted octanol–water partition coefficient (Wildman–Crippen LogP) is 4.94. The lowest BCUT2D eigenvalue weighted by Gasteiger charge is -2.59. The normalized spacial score (nSPS) is 38.4. The second-order valence-corrected chi connectivity index (χ2v) is 14.4. The van der Waals surface area contributed by atoms with Crippen molar-refractivity contribution in [3.8, 4) is 0 Å². The third-order valence-electron chi connectivity index (χ3n) is 12.2. The molecule has 0 bridgehead atoms. The van der Waals surface area contributed by atoms with Crippen molar-refractivity contribution in [2.45, 2.75) is 70.1 Å². The molecule has 1 aliphatic heterocycles. The molecule has 45 heavy (non-hydrogen) atoms. The standard InChI is InChI=1S/C37H40N2O6/c1-35-12-11-24(41)15-23(35)8-10-25-27-16-32-37(31(43)19-40,36(27,2)17-30(42)33(25)35)45-34(44-32)22-6-3-20(4-7-22)13-21-5-9-26-28(38)18-39-29(26)14-21/h3-7,9,11-12,14-15,18,25,27,30,32-34,39-40,42H,8,10,13,16-17,19,38H2,1-2H3/t25-,27-,30-,32+,33+,34+,35-,36-,37+/m0/s1. The van der Waals surface area contributed by atoms with Crippen LogP contribution in [0.5, 0.6) is 0 Å². The summed E-state index contributed by atoms with van der Waals surface area (Å²) in [4.78, 5) is 29.2. The summed E-state index contributed by atoms with van der Waals surface area (Å²) in [5, 5.41) is 23.1. The summed E-state index contributed by atoms with van der Waals surface area (Å²) in [5.41, 5.74) is 9.47. The van der Waals surface area contributed by atoms with E-state index in [-0.39, 0.29) is 29.3 Å². The monoisotopic (exact) mass is 608 g/mol. The van der Waals surface area contributed by atoms with Crippen LogP contribution >= 0.6 is 0 Å². The molecule has 234 valence electrons. The first-order chi connectivity index (χ1) is 21.6. The minimum Gasteiger partial charge on any atom is -0.397 e. The van der Waals surface area contributed by atoms with Crippen LogP contribution in [0.4, 0.5) is 5.69 Å². The Morgan fingerprint density at radius 3 is 2.69 bits per heavy atom. The van der Waals surface area contributed by atoms with E-state index in [4.69, 9.17) is 15.2 Å². The molecule has 4 aliphatic carbocycles.